The average molecular weight is 533 g/mol. The van der Waals surface area contributed by atoms with Gasteiger partial charge in [-0.2, -0.15) is 16.9 Å². The summed E-state index contributed by atoms with van der Waals surface area (Å²) in [6, 6.07) is 29.3. The Morgan fingerprint density at radius 1 is 0.974 bits per heavy atom. The molecule has 1 amide bonds. The first-order chi connectivity index (χ1) is 19.1. The fourth-order valence-corrected chi connectivity index (χ4v) is 5.33. The molecular formula is C31H28N6OS. The summed E-state index contributed by atoms with van der Waals surface area (Å²) in [6.07, 6.45) is 2.81. The second kappa shape index (κ2) is 10.7. The number of aromatic nitrogens is 5. The van der Waals surface area contributed by atoms with E-state index in [4.69, 9.17) is 15.1 Å². The molecule has 0 saturated heterocycles. The summed E-state index contributed by atoms with van der Waals surface area (Å²) < 4.78 is 1.82. The van der Waals surface area contributed by atoms with E-state index < -0.39 is 0 Å². The summed E-state index contributed by atoms with van der Waals surface area (Å²) in [7, 11) is 0. The lowest BCUT2D eigenvalue weighted by atomic mass is 10.0. The van der Waals surface area contributed by atoms with Crippen LogP contribution < -0.4 is 5.32 Å². The van der Waals surface area contributed by atoms with Crippen LogP contribution >= 0.6 is 11.8 Å². The number of hydrogen-bond donors (Lipinski definition) is 2. The van der Waals surface area contributed by atoms with E-state index in [1.54, 1.807) is 11.8 Å². The molecule has 6 rings (SSSR count). The van der Waals surface area contributed by atoms with Crippen LogP contribution in [0.15, 0.2) is 91.0 Å². The van der Waals surface area contributed by atoms with E-state index in [1.807, 2.05) is 103 Å². The van der Waals surface area contributed by atoms with Gasteiger partial charge in [0.25, 0.3) is 5.91 Å². The number of aromatic amines is 1. The second-order valence-corrected chi connectivity index (χ2v) is 10.4. The Hall–Kier alpha value is -4.43. The van der Waals surface area contributed by atoms with Crippen molar-refractivity contribution in [1.82, 2.24) is 30.0 Å². The van der Waals surface area contributed by atoms with Crippen LogP contribution in [0.3, 0.4) is 0 Å². The summed E-state index contributed by atoms with van der Waals surface area (Å²) in [6.45, 7) is 1.92. The van der Waals surface area contributed by atoms with Crippen LogP contribution in [0.2, 0.25) is 0 Å². The third-order valence-corrected chi connectivity index (χ3v) is 7.43. The summed E-state index contributed by atoms with van der Waals surface area (Å²) in [4.78, 5) is 27.3. The van der Waals surface area contributed by atoms with Gasteiger partial charge in [0.05, 0.1) is 45.1 Å². The van der Waals surface area contributed by atoms with Crippen molar-refractivity contribution >= 4 is 39.7 Å². The van der Waals surface area contributed by atoms with Gasteiger partial charge in [-0.25, -0.2) is 14.6 Å². The molecule has 0 fully saturated rings. The number of nitrogens with one attached hydrogen (secondary N) is 2. The lowest BCUT2D eigenvalue weighted by Crippen LogP contribution is -2.30. The van der Waals surface area contributed by atoms with Gasteiger partial charge in [0.15, 0.2) is 5.65 Å². The van der Waals surface area contributed by atoms with E-state index in [0.29, 0.717) is 11.2 Å². The highest BCUT2D eigenvalue weighted by Gasteiger charge is 2.24. The average Bonchev–Trinajstić information content (AvgIpc) is 3.57. The number of H-pyrrole nitrogens is 1. The van der Waals surface area contributed by atoms with Crippen LogP contribution in [0.1, 0.15) is 34.3 Å². The van der Waals surface area contributed by atoms with Gasteiger partial charge in [0.1, 0.15) is 5.82 Å². The van der Waals surface area contributed by atoms with Gasteiger partial charge in [-0.3, -0.25) is 4.79 Å². The number of fused-ring (bicyclic) bond motifs is 2. The number of amides is 1. The molecule has 194 valence electrons. The Bertz CT molecular complexity index is 1730. The zero-order chi connectivity index (χ0) is 26.8. The van der Waals surface area contributed by atoms with Gasteiger partial charge >= 0.3 is 0 Å². The molecule has 0 aliphatic heterocycles. The Kier molecular flexibility index (Phi) is 6.85. The Morgan fingerprint density at radius 3 is 2.44 bits per heavy atom. The van der Waals surface area contributed by atoms with E-state index in [2.05, 4.69) is 16.6 Å². The summed E-state index contributed by atoms with van der Waals surface area (Å²) in [5, 5.41) is 8.83. The molecule has 3 aromatic heterocycles. The minimum atomic E-state index is -0.273. The largest absolute Gasteiger partial charge is 0.342 e. The normalized spacial score (nSPS) is 12.2. The molecule has 2 N–H and O–H groups in total. The van der Waals surface area contributed by atoms with Gasteiger partial charge in [-0.15, -0.1) is 0 Å². The first-order valence-corrected chi connectivity index (χ1v) is 14.3. The number of benzene rings is 3. The maximum absolute atomic E-state index is 14.1. The molecule has 0 aliphatic rings. The molecule has 3 aromatic carbocycles. The van der Waals surface area contributed by atoms with Gasteiger partial charge in [-0.1, -0.05) is 60.7 Å². The quantitative estimate of drug-likeness (QED) is 0.234. The highest BCUT2D eigenvalue weighted by molar-refractivity contribution is 7.98. The molecule has 0 saturated carbocycles. The monoisotopic (exact) mass is 532 g/mol. The molecule has 0 radical (unpaired) electrons. The van der Waals surface area contributed by atoms with Crippen LogP contribution in [0.25, 0.3) is 39.0 Å². The molecule has 6 aromatic rings. The number of hydrogen-bond acceptors (Lipinski definition) is 5. The standard InChI is InChI=1S/C31H28N6OS/c1-20-28-23(31(38)35-26(17-18-39-2)29-32-24-15-9-10-16-25(24)33-29)19-27(21-11-5-3-6-12-21)34-30(28)37(36-20)22-13-7-4-8-14-22/h3-16,19,26H,17-18H2,1-2H3,(H,32,33)(H,35,38)/t26-/m0/s1. The van der Waals surface area contributed by atoms with Crippen molar-refractivity contribution in [2.45, 2.75) is 19.4 Å². The number of nitrogens with zero attached hydrogens (tertiary/aromatic N) is 4. The molecule has 3 heterocycles. The predicted molar refractivity (Wildman–Crippen MR) is 158 cm³/mol. The Labute approximate surface area is 230 Å². The van der Waals surface area contributed by atoms with Crippen LogP contribution in [0.5, 0.6) is 0 Å². The lowest BCUT2D eigenvalue weighted by Gasteiger charge is -2.17. The Balaban J connectivity index is 1.47. The minimum absolute atomic E-state index is 0.179. The topological polar surface area (TPSA) is 88.5 Å². The number of imidazole rings is 1. The van der Waals surface area contributed by atoms with Crippen molar-refractivity contribution in [3.8, 4) is 16.9 Å². The molecule has 0 unspecified atom stereocenters. The first kappa shape index (κ1) is 24.9. The number of aryl methyl sites for hydroxylation is 1. The fraction of sp³-hybridized carbons (Fsp3) is 0.161. The van der Waals surface area contributed by atoms with E-state index in [-0.39, 0.29) is 11.9 Å². The maximum Gasteiger partial charge on any atom is 0.252 e. The van der Waals surface area contributed by atoms with Crippen molar-refractivity contribution < 1.29 is 4.79 Å². The van der Waals surface area contributed by atoms with Crippen molar-refractivity contribution in [2.75, 3.05) is 12.0 Å². The molecule has 0 aliphatic carbocycles. The highest BCUT2D eigenvalue weighted by atomic mass is 32.2. The number of para-hydroxylation sites is 3. The number of carbonyl (C=O) groups is 1. The maximum atomic E-state index is 14.1. The number of rotatable bonds is 8. The lowest BCUT2D eigenvalue weighted by molar-refractivity contribution is 0.0935. The molecule has 1 atom stereocenters. The molecule has 7 nitrogen and oxygen atoms in total. The van der Waals surface area contributed by atoms with Gasteiger partial charge in [0, 0.05) is 5.56 Å². The van der Waals surface area contributed by atoms with Crippen molar-refractivity contribution in [3.05, 3.63) is 108 Å². The summed E-state index contributed by atoms with van der Waals surface area (Å²) in [5.74, 6) is 1.46. The highest BCUT2D eigenvalue weighted by Crippen LogP contribution is 2.30. The number of carbonyl (C=O) groups excluding carboxylic acids is 1. The van der Waals surface area contributed by atoms with Gasteiger partial charge in [0.2, 0.25) is 0 Å². The summed E-state index contributed by atoms with van der Waals surface area (Å²) in [5.41, 5.74) is 6.31. The molecule has 0 spiro atoms. The van der Waals surface area contributed by atoms with Crippen LogP contribution in [0.4, 0.5) is 0 Å². The fourth-order valence-electron chi connectivity index (χ4n) is 4.86. The van der Waals surface area contributed by atoms with Crippen LogP contribution in [-0.2, 0) is 0 Å². The van der Waals surface area contributed by atoms with Crippen LogP contribution in [0, 0.1) is 6.92 Å². The number of thioether (sulfide) groups is 1. The van der Waals surface area contributed by atoms with Crippen molar-refractivity contribution in [2.24, 2.45) is 0 Å². The van der Waals surface area contributed by atoms with Gasteiger partial charge in [-0.05, 0) is 55.7 Å². The van der Waals surface area contributed by atoms with Crippen molar-refractivity contribution in [1.29, 1.82) is 0 Å². The van der Waals surface area contributed by atoms with Crippen molar-refractivity contribution in [3.63, 3.8) is 0 Å². The third-order valence-electron chi connectivity index (χ3n) is 6.78. The predicted octanol–water partition coefficient (Wildman–Crippen LogP) is 6.50. The van der Waals surface area contributed by atoms with Crippen LogP contribution in [-0.4, -0.2) is 42.6 Å². The molecular weight excluding hydrogens is 504 g/mol. The van der Waals surface area contributed by atoms with E-state index in [9.17, 15) is 4.79 Å². The van der Waals surface area contributed by atoms with E-state index in [0.717, 1.165) is 57.1 Å². The molecule has 39 heavy (non-hydrogen) atoms. The molecule has 8 heteroatoms. The Morgan fingerprint density at radius 2 is 1.69 bits per heavy atom. The summed E-state index contributed by atoms with van der Waals surface area (Å²) >= 11 is 1.74. The smallest absolute Gasteiger partial charge is 0.252 e. The minimum Gasteiger partial charge on any atom is -0.342 e. The second-order valence-electron chi connectivity index (χ2n) is 9.40. The van der Waals surface area contributed by atoms with E-state index >= 15 is 0 Å². The SMILES string of the molecule is CSCC[C@H](NC(=O)c1cc(-c2ccccc2)nc2c1c(C)nn2-c1ccccc1)c1nc2ccccc2[nH]1. The van der Waals surface area contributed by atoms with E-state index in [1.165, 1.54) is 0 Å². The zero-order valence-corrected chi connectivity index (χ0v) is 22.6. The molecule has 0 bridgehead atoms. The third kappa shape index (κ3) is 4.91. The zero-order valence-electron chi connectivity index (χ0n) is 21.8. The van der Waals surface area contributed by atoms with Gasteiger partial charge < -0.3 is 10.3 Å². The number of pyridine rings is 1. The first-order valence-electron chi connectivity index (χ1n) is 12.9.